The van der Waals surface area contributed by atoms with Crippen molar-refractivity contribution in [3.63, 3.8) is 0 Å². The molecule has 0 bridgehead atoms. The van der Waals surface area contributed by atoms with Crippen molar-refractivity contribution < 1.29 is 18.7 Å². The van der Waals surface area contributed by atoms with E-state index in [0.717, 1.165) is 16.9 Å². The summed E-state index contributed by atoms with van der Waals surface area (Å²) in [6, 6.07) is 18.2. The molecule has 0 atom stereocenters. The largest absolute Gasteiger partial charge is 0.496 e. The number of carbonyl (C=O) groups excluding carboxylic acids is 1. The van der Waals surface area contributed by atoms with Crippen LogP contribution in [0, 0.1) is 19.7 Å². The van der Waals surface area contributed by atoms with Crippen LogP contribution in [0.4, 0.5) is 10.1 Å². The molecular weight excluding hydrogens is 419 g/mol. The van der Waals surface area contributed by atoms with Crippen molar-refractivity contribution in [1.82, 2.24) is 4.90 Å². The van der Waals surface area contributed by atoms with Crippen LogP contribution in [0.15, 0.2) is 60.7 Å². The van der Waals surface area contributed by atoms with Gasteiger partial charge in [0.1, 0.15) is 23.9 Å². The number of nitrogens with zero attached hydrogens (tertiary/aromatic N) is 2. The van der Waals surface area contributed by atoms with E-state index >= 15 is 0 Å². The zero-order valence-electron chi connectivity index (χ0n) is 19.3. The molecule has 0 saturated carbocycles. The van der Waals surface area contributed by atoms with Crippen molar-refractivity contribution in [3.8, 4) is 11.5 Å². The van der Waals surface area contributed by atoms with E-state index in [9.17, 15) is 9.18 Å². The standard InChI is InChI=1S/C27H29FN2O3/c1-19-8-10-23(16-20(19)2)33-18-22-17-21(9-11-26(22)32-3)27(31)30-14-12-29(13-15-30)25-7-5-4-6-24(25)28/h4-11,16-17H,12-15,18H2,1-3H3. The first-order valence-electron chi connectivity index (χ1n) is 11.1. The van der Waals surface area contributed by atoms with Gasteiger partial charge in [-0.25, -0.2) is 4.39 Å². The zero-order chi connectivity index (χ0) is 23.4. The summed E-state index contributed by atoms with van der Waals surface area (Å²) in [7, 11) is 1.61. The van der Waals surface area contributed by atoms with Gasteiger partial charge in [0.25, 0.3) is 5.91 Å². The number of para-hydroxylation sites is 1. The lowest BCUT2D eigenvalue weighted by atomic mass is 10.1. The molecule has 1 heterocycles. The number of anilines is 1. The fourth-order valence-corrected chi connectivity index (χ4v) is 4.03. The molecule has 0 radical (unpaired) electrons. The Bertz CT molecular complexity index is 1140. The molecule has 0 N–H and O–H groups in total. The molecule has 0 unspecified atom stereocenters. The number of methoxy groups -OCH3 is 1. The highest BCUT2D eigenvalue weighted by Crippen LogP contribution is 2.25. The number of benzene rings is 3. The van der Waals surface area contributed by atoms with Gasteiger partial charge in [-0.15, -0.1) is 0 Å². The lowest BCUT2D eigenvalue weighted by molar-refractivity contribution is 0.0746. The Morgan fingerprint density at radius 1 is 0.939 bits per heavy atom. The maximum atomic E-state index is 14.1. The number of halogens is 1. The minimum Gasteiger partial charge on any atom is -0.496 e. The second kappa shape index (κ2) is 9.94. The molecule has 5 nitrogen and oxygen atoms in total. The Hall–Kier alpha value is -3.54. The average Bonchev–Trinajstić information content (AvgIpc) is 2.84. The molecule has 0 aliphatic carbocycles. The highest BCUT2D eigenvalue weighted by molar-refractivity contribution is 5.94. The van der Waals surface area contributed by atoms with Crippen LogP contribution in [0.25, 0.3) is 0 Å². The summed E-state index contributed by atoms with van der Waals surface area (Å²) in [5.41, 5.74) is 4.36. The van der Waals surface area contributed by atoms with E-state index in [-0.39, 0.29) is 11.7 Å². The van der Waals surface area contributed by atoms with Gasteiger partial charge in [0, 0.05) is 37.3 Å². The number of amides is 1. The monoisotopic (exact) mass is 448 g/mol. The number of hydrogen-bond acceptors (Lipinski definition) is 4. The van der Waals surface area contributed by atoms with E-state index in [4.69, 9.17) is 9.47 Å². The third-order valence-electron chi connectivity index (χ3n) is 6.16. The number of rotatable bonds is 6. The van der Waals surface area contributed by atoms with Gasteiger partial charge in [-0.3, -0.25) is 4.79 Å². The second-order valence-electron chi connectivity index (χ2n) is 8.29. The topological polar surface area (TPSA) is 42.0 Å². The molecule has 0 spiro atoms. The molecule has 1 amide bonds. The van der Waals surface area contributed by atoms with Crippen LogP contribution in [-0.2, 0) is 6.61 Å². The Kier molecular flexibility index (Phi) is 6.82. The number of aryl methyl sites for hydroxylation is 2. The first-order chi connectivity index (χ1) is 16.0. The Morgan fingerprint density at radius 2 is 1.70 bits per heavy atom. The fourth-order valence-electron chi connectivity index (χ4n) is 4.03. The SMILES string of the molecule is COc1ccc(C(=O)N2CCN(c3ccccc3F)CC2)cc1COc1ccc(C)c(C)c1. The number of piperazine rings is 1. The fraction of sp³-hybridized carbons (Fsp3) is 0.296. The lowest BCUT2D eigenvalue weighted by Gasteiger charge is -2.36. The molecule has 1 saturated heterocycles. The second-order valence-corrected chi connectivity index (χ2v) is 8.29. The minimum atomic E-state index is -0.235. The van der Waals surface area contributed by atoms with Crippen molar-refractivity contribution in [2.75, 3.05) is 38.2 Å². The number of hydrogen-bond donors (Lipinski definition) is 0. The van der Waals surface area contributed by atoms with Crippen molar-refractivity contribution in [3.05, 3.63) is 88.7 Å². The Balaban J connectivity index is 1.43. The van der Waals surface area contributed by atoms with Gasteiger partial charge in [0.15, 0.2) is 0 Å². The van der Waals surface area contributed by atoms with E-state index in [0.29, 0.717) is 49.8 Å². The van der Waals surface area contributed by atoms with Crippen LogP contribution < -0.4 is 14.4 Å². The third-order valence-corrected chi connectivity index (χ3v) is 6.16. The first-order valence-corrected chi connectivity index (χ1v) is 11.1. The molecule has 33 heavy (non-hydrogen) atoms. The molecule has 1 fully saturated rings. The Labute approximate surface area is 194 Å². The Morgan fingerprint density at radius 3 is 2.39 bits per heavy atom. The van der Waals surface area contributed by atoms with Crippen molar-refractivity contribution in [2.45, 2.75) is 20.5 Å². The normalized spacial score (nSPS) is 13.7. The maximum Gasteiger partial charge on any atom is 0.253 e. The van der Waals surface area contributed by atoms with Crippen LogP contribution in [0.1, 0.15) is 27.0 Å². The number of ether oxygens (including phenoxy) is 2. The minimum absolute atomic E-state index is 0.0433. The predicted molar refractivity (Wildman–Crippen MR) is 128 cm³/mol. The molecule has 172 valence electrons. The van der Waals surface area contributed by atoms with Gasteiger partial charge in [-0.2, -0.15) is 0 Å². The van der Waals surface area contributed by atoms with Crippen molar-refractivity contribution >= 4 is 11.6 Å². The quantitative estimate of drug-likeness (QED) is 0.533. The van der Waals surface area contributed by atoms with Crippen LogP contribution in [-0.4, -0.2) is 44.1 Å². The van der Waals surface area contributed by atoms with Crippen LogP contribution >= 0.6 is 0 Å². The zero-order valence-corrected chi connectivity index (χ0v) is 19.3. The molecular formula is C27H29FN2O3. The maximum absolute atomic E-state index is 14.1. The summed E-state index contributed by atoms with van der Waals surface area (Å²) in [6.07, 6.45) is 0. The first kappa shape index (κ1) is 22.6. The molecule has 6 heteroatoms. The third kappa shape index (κ3) is 5.11. The van der Waals surface area contributed by atoms with E-state index < -0.39 is 0 Å². The molecule has 3 aromatic rings. The average molecular weight is 449 g/mol. The van der Waals surface area contributed by atoms with Crippen LogP contribution in [0.2, 0.25) is 0 Å². The van der Waals surface area contributed by atoms with Gasteiger partial charge in [0.05, 0.1) is 12.8 Å². The van der Waals surface area contributed by atoms with Crippen molar-refractivity contribution in [1.29, 1.82) is 0 Å². The highest BCUT2D eigenvalue weighted by Gasteiger charge is 2.24. The summed E-state index contributed by atoms with van der Waals surface area (Å²) in [5, 5.41) is 0. The summed E-state index contributed by atoms with van der Waals surface area (Å²) in [4.78, 5) is 17.0. The lowest BCUT2D eigenvalue weighted by Crippen LogP contribution is -2.49. The van der Waals surface area contributed by atoms with Crippen LogP contribution in [0.3, 0.4) is 0 Å². The molecule has 3 aromatic carbocycles. The molecule has 1 aliphatic heterocycles. The van der Waals surface area contributed by atoms with E-state index in [1.807, 2.05) is 53.1 Å². The summed E-state index contributed by atoms with van der Waals surface area (Å²) >= 11 is 0. The van der Waals surface area contributed by atoms with Crippen molar-refractivity contribution in [2.24, 2.45) is 0 Å². The van der Waals surface area contributed by atoms with E-state index in [1.165, 1.54) is 11.6 Å². The van der Waals surface area contributed by atoms with Gasteiger partial charge in [-0.1, -0.05) is 18.2 Å². The summed E-state index contributed by atoms with van der Waals surface area (Å²) in [6.45, 7) is 6.66. The van der Waals surface area contributed by atoms with Gasteiger partial charge in [-0.05, 0) is 67.4 Å². The van der Waals surface area contributed by atoms with Gasteiger partial charge >= 0.3 is 0 Å². The van der Waals surface area contributed by atoms with Gasteiger partial charge < -0.3 is 19.3 Å². The summed E-state index contributed by atoms with van der Waals surface area (Å²) in [5.74, 6) is 1.18. The van der Waals surface area contributed by atoms with E-state index in [1.54, 1.807) is 25.3 Å². The van der Waals surface area contributed by atoms with E-state index in [2.05, 4.69) is 6.92 Å². The van der Waals surface area contributed by atoms with Crippen LogP contribution in [0.5, 0.6) is 11.5 Å². The molecule has 1 aliphatic rings. The predicted octanol–water partition coefficient (Wildman–Crippen LogP) is 4.99. The van der Waals surface area contributed by atoms with Gasteiger partial charge in [0.2, 0.25) is 0 Å². The molecule has 0 aromatic heterocycles. The smallest absolute Gasteiger partial charge is 0.253 e. The highest BCUT2D eigenvalue weighted by atomic mass is 19.1. The molecule has 4 rings (SSSR count). The summed E-state index contributed by atoms with van der Waals surface area (Å²) < 4.78 is 25.6. The number of carbonyl (C=O) groups is 1.